The molecule has 2 rings (SSSR count). The van der Waals surface area contributed by atoms with E-state index in [4.69, 9.17) is 5.11 Å². The van der Waals surface area contributed by atoms with Crippen molar-refractivity contribution in [1.29, 1.82) is 0 Å². The first-order valence-corrected chi connectivity index (χ1v) is 6.98. The van der Waals surface area contributed by atoms with Crippen molar-refractivity contribution < 1.29 is 14.8 Å². The first-order chi connectivity index (χ1) is 9.99. The Bertz CT molecular complexity index is 686. The second kappa shape index (κ2) is 6.36. The van der Waals surface area contributed by atoms with Gasteiger partial charge in [0.05, 0.1) is 10.5 Å². The highest BCUT2D eigenvalue weighted by atomic mass is 32.2. The SMILES string of the molecule is CCc1cc(C(=O)O)cc(Sc2ccc([N+](=O)[O-])cc2)n1. The zero-order chi connectivity index (χ0) is 15.4. The molecule has 108 valence electrons. The average molecular weight is 304 g/mol. The van der Waals surface area contributed by atoms with Gasteiger partial charge in [-0.25, -0.2) is 9.78 Å². The summed E-state index contributed by atoms with van der Waals surface area (Å²) in [7, 11) is 0. The number of pyridine rings is 1. The van der Waals surface area contributed by atoms with E-state index in [9.17, 15) is 14.9 Å². The monoisotopic (exact) mass is 304 g/mol. The number of non-ortho nitro benzene ring substituents is 1. The van der Waals surface area contributed by atoms with Crippen LogP contribution in [0.25, 0.3) is 0 Å². The van der Waals surface area contributed by atoms with E-state index in [1.54, 1.807) is 18.2 Å². The minimum absolute atomic E-state index is 0.0147. The van der Waals surface area contributed by atoms with Crippen molar-refractivity contribution in [2.24, 2.45) is 0 Å². The molecule has 0 fully saturated rings. The normalized spacial score (nSPS) is 10.3. The molecule has 6 nitrogen and oxygen atoms in total. The maximum absolute atomic E-state index is 11.1. The van der Waals surface area contributed by atoms with Gasteiger partial charge in [-0.3, -0.25) is 10.1 Å². The Balaban J connectivity index is 2.28. The molecule has 0 unspecified atom stereocenters. The van der Waals surface area contributed by atoms with Crippen molar-refractivity contribution in [1.82, 2.24) is 4.98 Å². The standard InChI is InChI=1S/C14H12N2O4S/c1-2-10-7-9(14(17)18)8-13(15-10)21-12-5-3-11(4-6-12)16(19)20/h3-8H,2H2,1H3,(H,17,18). The molecule has 1 aromatic heterocycles. The van der Waals surface area contributed by atoms with Gasteiger partial charge in [-0.05, 0) is 30.7 Å². The smallest absolute Gasteiger partial charge is 0.335 e. The van der Waals surface area contributed by atoms with Crippen LogP contribution in [0.1, 0.15) is 23.0 Å². The summed E-state index contributed by atoms with van der Waals surface area (Å²) in [6, 6.07) is 9.08. The number of nitro benzene ring substituents is 1. The van der Waals surface area contributed by atoms with Crippen molar-refractivity contribution in [3.63, 3.8) is 0 Å². The number of aryl methyl sites for hydroxylation is 1. The molecule has 0 aliphatic heterocycles. The summed E-state index contributed by atoms with van der Waals surface area (Å²) in [5.74, 6) is -1.00. The van der Waals surface area contributed by atoms with Crippen LogP contribution in [-0.2, 0) is 6.42 Å². The third kappa shape index (κ3) is 3.79. The Kier molecular flexibility index (Phi) is 4.54. The summed E-state index contributed by atoms with van der Waals surface area (Å²) in [6.07, 6.45) is 0.634. The molecule has 7 heteroatoms. The molecule has 1 N–H and O–H groups in total. The zero-order valence-corrected chi connectivity index (χ0v) is 12.0. The van der Waals surface area contributed by atoms with Gasteiger partial charge in [-0.15, -0.1) is 0 Å². The van der Waals surface area contributed by atoms with Gasteiger partial charge in [0.15, 0.2) is 0 Å². The van der Waals surface area contributed by atoms with E-state index in [1.165, 1.54) is 30.0 Å². The fourth-order valence-electron chi connectivity index (χ4n) is 1.67. The van der Waals surface area contributed by atoms with Crippen LogP contribution in [0, 0.1) is 10.1 Å². The first kappa shape index (κ1) is 15.0. The van der Waals surface area contributed by atoms with Crippen LogP contribution < -0.4 is 0 Å². The lowest BCUT2D eigenvalue weighted by Crippen LogP contribution is -2.00. The van der Waals surface area contributed by atoms with Crippen molar-refractivity contribution in [2.45, 2.75) is 23.3 Å². The number of benzene rings is 1. The van der Waals surface area contributed by atoms with Gasteiger partial charge in [0.1, 0.15) is 5.03 Å². The highest BCUT2D eigenvalue weighted by Crippen LogP contribution is 2.28. The van der Waals surface area contributed by atoms with Gasteiger partial charge in [0, 0.05) is 22.7 Å². The van der Waals surface area contributed by atoms with Crippen LogP contribution >= 0.6 is 11.8 Å². The number of nitro groups is 1. The van der Waals surface area contributed by atoms with Gasteiger partial charge >= 0.3 is 5.97 Å². The van der Waals surface area contributed by atoms with Crippen molar-refractivity contribution in [3.8, 4) is 0 Å². The fraction of sp³-hybridized carbons (Fsp3) is 0.143. The molecule has 0 aliphatic carbocycles. The number of rotatable bonds is 5. The maximum atomic E-state index is 11.1. The zero-order valence-electron chi connectivity index (χ0n) is 11.1. The van der Waals surface area contributed by atoms with E-state index >= 15 is 0 Å². The molecule has 0 saturated heterocycles. The lowest BCUT2D eigenvalue weighted by molar-refractivity contribution is -0.384. The van der Waals surface area contributed by atoms with Crippen molar-refractivity contribution >= 4 is 23.4 Å². The molecule has 0 bridgehead atoms. The van der Waals surface area contributed by atoms with Gasteiger partial charge in [0.2, 0.25) is 0 Å². The Morgan fingerprint density at radius 3 is 2.52 bits per heavy atom. The van der Waals surface area contributed by atoms with E-state index in [0.717, 1.165) is 4.90 Å². The van der Waals surface area contributed by atoms with Crippen LogP contribution in [-0.4, -0.2) is 21.0 Å². The Hall–Kier alpha value is -2.41. The van der Waals surface area contributed by atoms with Gasteiger partial charge in [0.25, 0.3) is 5.69 Å². The highest BCUT2D eigenvalue weighted by molar-refractivity contribution is 7.99. The van der Waals surface area contributed by atoms with Crippen LogP contribution in [0.15, 0.2) is 46.3 Å². The average Bonchev–Trinajstić information content (AvgIpc) is 2.47. The van der Waals surface area contributed by atoms with Crippen LogP contribution in [0.5, 0.6) is 0 Å². The van der Waals surface area contributed by atoms with E-state index in [2.05, 4.69) is 4.98 Å². The largest absolute Gasteiger partial charge is 0.478 e. The van der Waals surface area contributed by atoms with Gasteiger partial charge < -0.3 is 5.11 Å². The lowest BCUT2D eigenvalue weighted by atomic mass is 10.2. The Morgan fingerprint density at radius 2 is 2.00 bits per heavy atom. The van der Waals surface area contributed by atoms with Crippen LogP contribution in [0.2, 0.25) is 0 Å². The number of hydrogen-bond donors (Lipinski definition) is 1. The van der Waals surface area contributed by atoms with Crippen molar-refractivity contribution in [3.05, 3.63) is 57.8 Å². The molecule has 0 saturated carbocycles. The highest BCUT2D eigenvalue weighted by Gasteiger charge is 2.10. The van der Waals surface area contributed by atoms with E-state index in [-0.39, 0.29) is 11.3 Å². The second-order valence-electron chi connectivity index (χ2n) is 4.20. The van der Waals surface area contributed by atoms with Gasteiger partial charge in [-0.1, -0.05) is 18.7 Å². The first-order valence-electron chi connectivity index (χ1n) is 6.16. The van der Waals surface area contributed by atoms with Crippen LogP contribution in [0.3, 0.4) is 0 Å². The van der Waals surface area contributed by atoms with Gasteiger partial charge in [-0.2, -0.15) is 0 Å². The number of carbonyl (C=O) groups is 1. The minimum Gasteiger partial charge on any atom is -0.478 e. The molecule has 0 atom stereocenters. The molecule has 21 heavy (non-hydrogen) atoms. The molecule has 0 amide bonds. The lowest BCUT2D eigenvalue weighted by Gasteiger charge is -2.05. The summed E-state index contributed by atoms with van der Waals surface area (Å²) in [6.45, 7) is 1.90. The molecule has 0 aliphatic rings. The van der Waals surface area contributed by atoms with Crippen molar-refractivity contribution in [2.75, 3.05) is 0 Å². The molecular formula is C14H12N2O4S. The van der Waals surface area contributed by atoms with E-state index in [0.29, 0.717) is 17.1 Å². The fourth-order valence-corrected chi connectivity index (χ4v) is 2.54. The molecule has 1 heterocycles. The maximum Gasteiger partial charge on any atom is 0.335 e. The minimum atomic E-state index is -1.00. The molecule has 1 aromatic carbocycles. The second-order valence-corrected chi connectivity index (χ2v) is 5.29. The van der Waals surface area contributed by atoms with E-state index < -0.39 is 10.9 Å². The topological polar surface area (TPSA) is 93.3 Å². The number of aromatic carboxylic acids is 1. The number of carboxylic acids is 1. The molecule has 0 radical (unpaired) electrons. The predicted molar refractivity (Wildman–Crippen MR) is 77.8 cm³/mol. The number of aromatic nitrogens is 1. The summed E-state index contributed by atoms with van der Waals surface area (Å²) >= 11 is 1.27. The summed E-state index contributed by atoms with van der Waals surface area (Å²) < 4.78 is 0. The third-order valence-corrected chi connectivity index (χ3v) is 3.66. The number of carboxylic acid groups (broad SMARTS) is 1. The predicted octanol–water partition coefficient (Wildman–Crippen LogP) is 3.40. The summed E-state index contributed by atoms with van der Waals surface area (Å²) in [5.41, 5.74) is 0.895. The Morgan fingerprint density at radius 1 is 1.33 bits per heavy atom. The number of nitrogens with zero attached hydrogens (tertiary/aromatic N) is 2. The molecule has 2 aromatic rings. The molecule has 0 spiro atoms. The van der Waals surface area contributed by atoms with Crippen LogP contribution in [0.4, 0.5) is 5.69 Å². The summed E-state index contributed by atoms with van der Waals surface area (Å²) in [4.78, 5) is 26.3. The quantitative estimate of drug-likeness (QED) is 0.672. The summed E-state index contributed by atoms with van der Waals surface area (Å²) in [5, 5.41) is 20.2. The van der Waals surface area contributed by atoms with E-state index in [1.807, 2.05) is 6.92 Å². The Labute approximate surface area is 125 Å². The molecular weight excluding hydrogens is 292 g/mol. The third-order valence-electron chi connectivity index (χ3n) is 2.73. The number of hydrogen-bond acceptors (Lipinski definition) is 5.